The van der Waals surface area contributed by atoms with Crippen molar-refractivity contribution >= 4 is 23.0 Å². The normalized spacial score (nSPS) is 26.7. The topological polar surface area (TPSA) is 131 Å². The van der Waals surface area contributed by atoms with Crippen LogP contribution in [0.2, 0.25) is 0 Å². The molecule has 4 unspecified atom stereocenters. The van der Waals surface area contributed by atoms with Crippen molar-refractivity contribution in [1.29, 1.82) is 0 Å². The number of hydrogen-bond donors (Lipinski definition) is 3. The van der Waals surface area contributed by atoms with Crippen molar-refractivity contribution in [3.63, 3.8) is 0 Å². The van der Waals surface area contributed by atoms with Gasteiger partial charge in [-0.15, -0.1) is 0 Å². The van der Waals surface area contributed by atoms with Gasteiger partial charge in [-0.1, -0.05) is 6.07 Å². The van der Waals surface area contributed by atoms with Gasteiger partial charge in [0.25, 0.3) is 5.91 Å². The van der Waals surface area contributed by atoms with Gasteiger partial charge in [0.1, 0.15) is 0 Å². The highest BCUT2D eigenvalue weighted by molar-refractivity contribution is 6.08. The van der Waals surface area contributed by atoms with E-state index in [2.05, 4.69) is 5.32 Å². The number of nitrogen functional groups attached to an aromatic ring is 2. The fourth-order valence-corrected chi connectivity index (χ4v) is 4.65. The molecule has 8 heteroatoms. The van der Waals surface area contributed by atoms with Crippen LogP contribution in [0, 0.1) is 0 Å². The second-order valence-corrected chi connectivity index (χ2v) is 9.42. The van der Waals surface area contributed by atoms with E-state index in [1.807, 2.05) is 12.1 Å². The second-order valence-electron chi connectivity index (χ2n) is 9.42. The van der Waals surface area contributed by atoms with E-state index in [1.54, 1.807) is 12.1 Å². The van der Waals surface area contributed by atoms with Gasteiger partial charge in [-0.3, -0.25) is 4.79 Å². The Morgan fingerprint density at radius 3 is 1.85 bits per heavy atom. The predicted molar refractivity (Wildman–Crippen MR) is 123 cm³/mol. The third-order valence-corrected chi connectivity index (χ3v) is 6.69. The Morgan fingerprint density at radius 2 is 1.30 bits per heavy atom. The molecule has 1 amide bonds. The van der Waals surface area contributed by atoms with Gasteiger partial charge in [-0.25, -0.2) is 0 Å². The molecule has 0 radical (unpaired) electrons. The molecule has 8 nitrogen and oxygen atoms in total. The molecule has 4 atom stereocenters. The molecule has 0 aliphatic carbocycles. The molecule has 2 aromatic carbocycles. The predicted octanol–water partition coefficient (Wildman–Crippen LogP) is 1.87. The SMILES string of the molecule is Nc1cccc(NC(=O)c2c(CC3CO3)c(N)c(CC3CO3)c(CC3CO3)c2CC2CO2)c1. The van der Waals surface area contributed by atoms with E-state index in [4.69, 9.17) is 30.4 Å². The molecular formula is C25H29N3O5. The van der Waals surface area contributed by atoms with Gasteiger partial charge in [0.2, 0.25) is 0 Å². The zero-order valence-electron chi connectivity index (χ0n) is 18.5. The summed E-state index contributed by atoms with van der Waals surface area (Å²) in [6, 6.07) is 7.21. The molecular weight excluding hydrogens is 422 g/mol. The maximum atomic E-state index is 13.8. The van der Waals surface area contributed by atoms with Crippen molar-refractivity contribution < 1.29 is 23.7 Å². The first-order valence-corrected chi connectivity index (χ1v) is 11.6. The van der Waals surface area contributed by atoms with E-state index >= 15 is 0 Å². The first-order valence-electron chi connectivity index (χ1n) is 11.6. The number of amides is 1. The number of nitrogens with two attached hydrogens (primary N) is 2. The van der Waals surface area contributed by atoms with Crippen molar-refractivity contribution in [3.8, 4) is 0 Å². The van der Waals surface area contributed by atoms with Crippen molar-refractivity contribution in [2.24, 2.45) is 0 Å². The molecule has 0 spiro atoms. The molecule has 4 fully saturated rings. The van der Waals surface area contributed by atoms with Gasteiger partial charge in [-0.2, -0.15) is 0 Å². The van der Waals surface area contributed by atoms with Gasteiger partial charge in [-0.05, 0) is 40.5 Å². The molecule has 6 rings (SSSR count). The molecule has 2 aromatic rings. The molecule has 5 N–H and O–H groups in total. The van der Waals surface area contributed by atoms with Gasteiger partial charge in [0.05, 0.1) is 50.8 Å². The van der Waals surface area contributed by atoms with Crippen molar-refractivity contribution in [1.82, 2.24) is 0 Å². The number of benzene rings is 2. The highest BCUT2D eigenvalue weighted by atomic mass is 16.6. The number of epoxide rings is 4. The number of nitrogens with one attached hydrogen (secondary N) is 1. The van der Waals surface area contributed by atoms with Gasteiger partial charge in [0, 0.05) is 48.3 Å². The van der Waals surface area contributed by atoms with Crippen LogP contribution in [0.3, 0.4) is 0 Å². The summed E-state index contributed by atoms with van der Waals surface area (Å²) in [6.07, 6.45) is 3.37. The monoisotopic (exact) mass is 451 g/mol. The first-order chi connectivity index (χ1) is 16.0. The van der Waals surface area contributed by atoms with E-state index in [9.17, 15) is 4.79 Å². The Balaban J connectivity index is 1.47. The summed E-state index contributed by atoms with van der Waals surface area (Å²) in [5.74, 6) is -0.175. The quantitative estimate of drug-likeness (QED) is 0.371. The van der Waals surface area contributed by atoms with Crippen LogP contribution >= 0.6 is 0 Å². The lowest BCUT2D eigenvalue weighted by molar-refractivity contribution is 0.102. The van der Waals surface area contributed by atoms with Crippen molar-refractivity contribution in [2.45, 2.75) is 50.1 Å². The van der Waals surface area contributed by atoms with Gasteiger partial charge < -0.3 is 35.7 Å². The lowest BCUT2D eigenvalue weighted by Gasteiger charge is -2.24. The van der Waals surface area contributed by atoms with Crippen molar-refractivity contribution in [3.05, 3.63) is 52.1 Å². The number of hydrogen-bond acceptors (Lipinski definition) is 7. The van der Waals surface area contributed by atoms with Gasteiger partial charge in [0.15, 0.2) is 0 Å². The highest BCUT2D eigenvalue weighted by Crippen LogP contribution is 2.39. The summed E-state index contributed by atoms with van der Waals surface area (Å²) in [5.41, 5.74) is 19.5. The number of carbonyl (C=O) groups excluding carboxylic acids is 1. The van der Waals surface area contributed by atoms with Crippen LogP contribution in [-0.4, -0.2) is 56.8 Å². The average Bonchev–Trinajstić information content (AvgIpc) is 3.60. The van der Waals surface area contributed by atoms with Gasteiger partial charge >= 0.3 is 0 Å². The lowest BCUT2D eigenvalue weighted by atomic mass is 9.82. The van der Waals surface area contributed by atoms with E-state index in [1.165, 1.54) is 0 Å². The Labute approximate surface area is 192 Å². The average molecular weight is 452 g/mol. The van der Waals surface area contributed by atoms with Crippen LogP contribution in [-0.2, 0) is 44.6 Å². The maximum Gasteiger partial charge on any atom is 0.256 e. The number of ether oxygens (including phenoxy) is 4. The summed E-state index contributed by atoms with van der Waals surface area (Å²) >= 11 is 0. The minimum Gasteiger partial charge on any atom is -0.399 e. The summed E-state index contributed by atoms with van der Waals surface area (Å²) in [6.45, 7) is 2.89. The maximum absolute atomic E-state index is 13.8. The van der Waals surface area contributed by atoms with Crippen LogP contribution in [0.1, 0.15) is 32.6 Å². The Morgan fingerprint density at radius 1 is 0.788 bits per heavy atom. The van der Waals surface area contributed by atoms with Crippen LogP contribution < -0.4 is 16.8 Å². The van der Waals surface area contributed by atoms with Crippen molar-refractivity contribution in [2.75, 3.05) is 43.2 Å². The largest absolute Gasteiger partial charge is 0.399 e. The molecule has 4 saturated heterocycles. The number of anilines is 3. The number of carbonyl (C=O) groups is 1. The third kappa shape index (κ3) is 4.84. The summed E-state index contributed by atoms with van der Waals surface area (Å²) in [7, 11) is 0. The van der Waals surface area contributed by atoms with Crippen LogP contribution in [0.5, 0.6) is 0 Å². The Bertz CT molecular complexity index is 1090. The minimum absolute atomic E-state index is 0.0962. The molecule has 0 aromatic heterocycles. The van der Waals surface area contributed by atoms with E-state index in [0.717, 1.165) is 48.3 Å². The fourth-order valence-electron chi connectivity index (χ4n) is 4.65. The van der Waals surface area contributed by atoms with E-state index in [0.29, 0.717) is 48.7 Å². The molecule has 33 heavy (non-hydrogen) atoms. The third-order valence-electron chi connectivity index (χ3n) is 6.69. The van der Waals surface area contributed by atoms with Crippen LogP contribution in [0.15, 0.2) is 24.3 Å². The standard InChI is InChI=1S/C25H29N3O5/c26-13-2-1-3-14(4-13)28-25(29)23-20(6-16-10-31-16)19(5-15-9-30-15)21(7-17-11-32-17)24(27)22(23)8-18-12-33-18/h1-4,15-18H,5-12,26-27H2,(H,28,29). The van der Waals surface area contributed by atoms with Crippen LogP contribution in [0.4, 0.5) is 17.1 Å². The molecule has 0 bridgehead atoms. The number of rotatable bonds is 10. The summed E-state index contributed by atoms with van der Waals surface area (Å²) in [4.78, 5) is 13.8. The van der Waals surface area contributed by atoms with E-state index in [-0.39, 0.29) is 30.3 Å². The highest BCUT2D eigenvalue weighted by Gasteiger charge is 2.37. The smallest absolute Gasteiger partial charge is 0.256 e. The summed E-state index contributed by atoms with van der Waals surface area (Å²) < 4.78 is 22.3. The van der Waals surface area contributed by atoms with E-state index < -0.39 is 0 Å². The molecule has 0 saturated carbocycles. The Hall–Kier alpha value is -2.65. The van der Waals surface area contributed by atoms with Crippen LogP contribution in [0.25, 0.3) is 0 Å². The molecule has 4 heterocycles. The zero-order chi connectivity index (χ0) is 22.5. The first kappa shape index (κ1) is 20.9. The molecule has 4 aliphatic heterocycles. The zero-order valence-corrected chi connectivity index (χ0v) is 18.5. The fraction of sp³-hybridized carbons (Fsp3) is 0.480. The summed E-state index contributed by atoms with van der Waals surface area (Å²) in [5, 5.41) is 3.05. The minimum atomic E-state index is -0.175. The lowest BCUT2D eigenvalue weighted by Crippen LogP contribution is -2.24. The second kappa shape index (κ2) is 8.29. The molecule has 174 valence electrons. The Kier molecular flexibility index (Phi) is 5.25. The molecule has 4 aliphatic rings.